The highest BCUT2D eigenvalue weighted by Gasteiger charge is 2.27. The van der Waals surface area contributed by atoms with Crippen molar-refractivity contribution in [2.75, 3.05) is 17.7 Å². The van der Waals surface area contributed by atoms with Gasteiger partial charge in [-0.3, -0.25) is 0 Å². The first kappa shape index (κ1) is 16.7. The van der Waals surface area contributed by atoms with E-state index in [2.05, 4.69) is 26.3 Å². The second-order valence-corrected chi connectivity index (χ2v) is 7.49. The third-order valence-corrected chi connectivity index (χ3v) is 5.73. The van der Waals surface area contributed by atoms with Gasteiger partial charge in [0.1, 0.15) is 16.9 Å². The molecule has 2 aromatic heterocycles. The number of nitrogens with two attached hydrogens (primary N) is 1. The molecule has 132 valence electrons. The van der Waals surface area contributed by atoms with Crippen molar-refractivity contribution in [1.29, 1.82) is 5.26 Å². The van der Waals surface area contributed by atoms with Crippen LogP contribution in [0.5, 0.6) is 0 Å². The normalized spacial score (nSPS) is 19.5. The van der Waals surface area contributed by atoms with Crippen molar-refractivity contribution < 1.29 is 5.11 Å². The van der Waals surface area contributed by atoms with E-state index >= 15 is 0 Å². The molecule has 2 heterocycles. The van der Waals surface area contributed by atoms with Crippen molar-refractivity contribution in [2.24, 2.45) is 5.92 Å². The van der Waals surface area contributed by atoms with Gasteiger partial charge in [0.2, 0.25) is 5.95 Å². The third kappa shape index (κ3) is 3.07. The van der Waals surface area contributed by atoms with Crippen LogP contribution in [-0.2, 0) is 0 Å². The van der Waals surface area contributed by atoms with E-state index in [1.54, 1.807) is 0 Å². The zero-order valence-corrected chi connectivity index (χ0v) is 14.8. The molecule has 1 aromatic carbocycles. The number of benzene rings is 1. The molecule has 7 nitrogen and oxygen atoms in total. The molecule has 1 saturated carbocycles. The van der Waals surface area contributed by atoms with Crippen LogP contribution in [0.3, 0.4) is 0 Å². The maximum absolute atomic E-state index is 9.56. The minimum Gasteiger partial charge on any atom is -0.396 e. The van der Waals surface area contributed by atoms with Gasteiger partial charge < -0.3 is 16.2 Å². The van der Waals surface area contributed by atoms with Gasteiger partial charge in [-0.2, -0.15) is 10.2 Å². The number of hydrogen-bond donors (Lipinski definition) is 3. The van der Waals surface area contributed by atoms with Crippen molar-refractivity contribution in [3.63, 3.8) is 0 Å². The molecule has 0 bridgehead atoms. The number of anilines is 2. The molecule has 4 rings (SSSR count). The molecule has 2 atom stereocenters. The molecule has 0 saturated heterocycles. The van der Waals surface area contributed by atoms with Crippen molar-refractivity contribution in [2.45, 2.75) is 25.3 Å². The highest BCUT2D eigenvalue weighted by Crippen LogP contribution is 2.37. The maximum atomic E-state index is 9.56. The van der Waals surface area contributed by atoms with Crippen LogP contribution >= 0.6 is 11.3 Å². The molecule has 8 heteroatoms. The van der Waals surface area contributed by atoms with Crippen LogP contribution in [0, 0.1) is 17.2 Å². The molecule has 3 aromatic rings. The van der Waals surface area contributed by atoms with Crippen LogP contribution in [0.4, 0.5) is 11.8 Å². The van der Waals surface area contributed by atoms with Gasteiger partial charge in [0.05, 0.1) is 15.8 Å². The smallest absolute Gasteiger partial charge is 0.223 e. The lowest BCUT2D eigenvalue weighted by molar-refractivity contribution is 0.229. The quantitative estimate of drug-likeness (QED) is 0.649. The first-order chi connectivity index (χ1) is 12.7. The zero-order chi connectivity index (χ0) is 18.1. The number of hydrogen-bond acceptors (Lipinski definition) is 8. The summed E-state index contributed by atoms with van der Waals surface area (Å²) >= 11 is 1.50. The van der Waals surface area contributed by atoms with E-state index in [-0.39, 0.29) is 24.3 Å². The standard InChI is InChI=1S/C18H18N6OS/c19-8-13-15(17-22-12-3-1-2-4-14(12)26-17)16(24-18(20)23-13)21-11-6-5-10(7-11)9-25/h1-4,10-11,25H,5-7,9H2,(H3,20,21,23,24). The van der Waals surface area contributed by atoms with Gasteiger partial charge in [-0.05, 0) is 37.3 Å². The van der Waals surface area contributed by atoms with E-state index in [0.717, 1.165) is 29.5 Å². The average Bonchev–Trinajstić information content (AvgIpc) is 3.27. The van der Waals surface area contributed by atoms with Crippen molar-refractivity contribution >= 4 is 33.3 Å². The van der Waals surface area contributed by atoms with E-state index in [1.807, 2.05) is 24.3 Å². The predicted octanol–water partition coefficient (Wildman–Crippen LogP) is 2.78. The fourth-order valence-electron chi connectivity index (χ4n) is 3.41. The molecular formula is C18H18N6OS. The number of nitrogens with zero attached hydrogens (tertiary/aromatic N) is 4. The lowest BCUT2D eigenvalue weighted by Gasteiger charge is -2.16. The average molecular weight is 366 g/mol. The summed E-state index contributed by atoms with van der Waals surface area (Å²) in [6, 6.07) is 10.1. The zero-order valence-electron chi connectivity index (χ0n) is 14.0. The largest absolute Gasteiger partial charge is 0.396 e. The molecule has 4 N–H and O–H groups in total. The summed E-state index contributed by atoms with van der Waals surface area (Å²) < 4.78 is 1.04. The molecular weight excluding hydrogens is 348 g/mol. The molecule has 0 radical (unpaired) electrons. The molecule has 26 heavy (non-hydrogen) atoms. The van der Waals surface area contributed by atoms with Gasteiger partial charge in [0.15, 0.2) is 5.69 Å². The van der Waals surface area contributed by atoms with Crippen LogP contribution in [0.1, 0.15) is 25.0 Å². The number of nitrogen functional groups attached to an aromatic ring is 1. The summed E-state index contributed by atoms with van der Waals surface area (Å²) in [5.74, 6) is 0.898. The molecule has 1 aliphatic rings. The van der Waals surface area contributed by atoms with Gasteiger partial charge in [-0.1, -0.05) is 12.1 Å². The Bertz CT molecular complexity index is 962. The number of aliphatic hydroxyl groups excluding tert-OH is 1. The maximum Gasteiger partial charge on any atom is 0.223 e. The van der Waals surface area contributed by atoms with Crippen LogP contribution in [0.2, 0.25) is 0 Å². The highest BCUT2D eigenvalue weighted by atomic mass is 32.1. The third-order valence-electron chi connectivity index (χ3n) is 4.68. The number of thiazole rings is 1. The first-order valence-electron chi connectivity index (χ1n) is 8.49. The monoisotopic (exact) mass is 366 g/mol. The lowest BCUT2D eigenvalue weighted by Crippen LogP contribution is -2.19. The Morgan fingerprint density at radius 1 is 1.27 bits per heavy atom. The van der Waals surface area contributed by atoms with Crippen LogP contribution in [-0.4, -0.2) is 32.7 Å². The SMILES string of the molecule is N#Cc1nc(N)nc(NC2CCC(CO)C2)c1-c1nc2ccccc2s1. The second-order valence-electron chi connectivity index (χ2n) is 6.46. The number of aromatic nitrogens is 3. The summed E-state index contributed by atoms with van der Waals surface area (Å²) in [6.45, 7) is 0.193. The van der Waals surface area contributed by atoms with Gasteiger partial charge in [0.25, 0.3) is 0 Å². The van der Waals surface area contributed by atoms with E-state index in [9.17, 15) is 10.4 Å². The topological polar surface area (TPSA) is 121 Å². The second kappa shape index (κ2) is 6.86. The fraction of sp³-hybridized carbons (Fsp3) is 0.333. The molecule has 1 aliphatic carbocycles. The summed E-state index contributed by atoms with van der Waals surface area (Å²) in [4.78, 5) is 13.1. The minimum absolute atomic E-state index is 0.0608. The van der Waals surface area contributed by atoms with Crippen LogP contribution < -0.4 is 11.1 Å². The molecule has 1 fully saturated rings. The number of nitrogens with one attached hydrogen (secondary N) is 1. The highest BCUT2D eigenvalue weighted by molar-refractivity contribution is 7.21. The van der Waals surface area contributed by atoms with E-state index in [0.29, 0.717) is 22.3 Å². The fourth-order valence-corrected chi connectivity index (χ4v) is 4.42. The Morgan fingerprint density at radius 3 is 2.85 bits per heavy atom. The Morgan fingerprint density at radius 2 is 2.12 bits per heavy atom. The minimum atomic E-state index is 0.0608. The molecule has 2 unspecified atom stereocenters. The molecule has 0 aliphatic heterocycles. The first-order valence-corrected chi connectivity index (χ1v) is 9.30. The van der Waals surface area contributed by atoms with Crippen molar-refractivity contribution in [3.8, 4) is 16.6 Å². The van der Waals surface area contributed by atoms with Gasteiger partial charge in [-0.15, -0.1) is 11.3 Å². The summed E-state index contributed by atoms with van der Waals surface area (Å²) in [5.41, 5.74) is 7.50. The lowest BCUT2D eigenvalue weighted by atomic mass is 10.1. The summed E-state index contributed by atoms with van der Waals surface area (Å²) in [7, 11) is 0. The number of nitriles is 1. The van der Waals surface area contributed by atoms with E-state index < -0.39 is 0 Å². The number of para-hydroxylation sites is 1. The molecule has 0 amide bonds. The predicted molar refractivity (Wildman–Crippen MR) is 102 cm³/mol. The Balaban J connectivity index is 1.78. The summed E-state index contributed by atoms with van der Waals surface area (Å²) in [5, 5.41) is 23.0. The Kier molecular flexibility index (Phi) is 4.41. The number of aliphatic hydroxyl groups is 1. The van der Waals surface area contributed by atoms with Crippen LogP contribution in [0.25, 0.3) is 20.8 Å². The van der Waals surface area contributed by atoms with Gasteiger partial charge >= 0.3 is 0 Å². The number of fused-ring (bicyclic) bond motifs is 1. The van der Waals surface area contributed by atoms with Gasteiger partial charge in [0, 0.05) is 12.6 Å². The van der Waals surface area contributed by atoms with Crippen LogP contribution in [0.15, 0.2) is 24.3 Å². The van der Waals surface area contributed by atoms with E-state index in [4.69, 9.17) is 5.73 Å². The van der Waals surface area contributed by atoms with E-state index in [1.165, 1.54) is 11.3 Å². The van der Waals surface area contributed by atoms with Crippen molar-refractivity contribution in [3.05, 3.63) is 30.0 Å². The number of rotatable bonds is 4. The molecule has 0 spiro atoms. The van der Waals surface area contributed by atoms with Crippen molar-refractivity contribution in [1.82, 2.24) is 15.0 Å². The summed E-state index contributed by atoms with van der Waals surface area (Å²) in [6.07, 6.45) is 2.77. The van der Waals surface area contributed by atoms with Gasteiger partial charge in [-0.25, -0.2) is 9.97 Å². The Labute approximate surface area is 154 Å². The Hall–Kier alpha value is -2.76.